The molecule has 1 heterocycles. The van der Waals surface area contributed by atoms with Crippen molar-refractivity contribution in [3.8, 4) is 0 Å². The Morgan fingerprint density at radius 3 is 2.82 bits per heavy atom. The summed E-state index contributed by atoms with van der Waals surface area (Å²) in [5, 5.41) is 9.87. The Labute approximate surface area is 99.1 Å². The Morgan fingerprint density at radius 2 is 2.29 bits per heavy atom. The second-order valence-electron chi connectivity index (χ2n) is 4.45. The number of carbonyl (C=O) groups excluding carboxylic acids is 2. The lowest BCUT2D eigenvalue weighted by molar-refractivity contribution is 0.0525. The predicted octanol–water partition coefficient (Wildman–Crippen LogP) is 0.615. The van der Waals surface area contributed by atoms with Crippen LogP contribution in [0.1, 0.15) is 31.3 Å². The van der Waals surface area contributed by atoms with Crippen molar-refractivity contribution in [2.75, 3.05) is 6.54 Å². The highest BCUT2D eigenvalue weighted by molar-refractivity contribution is 5.70. The van der Waals surface area contributed by atoms with Gasteiger partial charge in [0, 0.05) is 6.54 Å². The number of amides is 1. The van der Waals surface area contributed by atoms with Crippen LogP contribution in [0.4, 0.5) is 4.79 Å². The van der Waals surface area contributed by atoms with E-state index in [2.05, 4.69) is 15.6 Å². The third kappa shape index (κ3) is 5.10. The first-order valence-corrected chi connectivity index (χ1v) is 5.23. The van der Waals surface area contributed by atoms with E-state index in [1.807, 2.05) is 0 Å². The van der Waals surface area contributed by atoms with E-state index >= 15 is 0 Å². The SMILES string of the molecule is CC(C)(C)OC(=O)NCCn1cc(C=O)nn1. The summed E-state index contributed by atoms with van der Waals surface area (Å²) in [5.74, 6) is 0. The van der Waals surface area contributed by atoms with Gasteiger partial charge in [0.1, 0.15) is 11.3 Å². The molecule has 17 heavy (non-hydrogen) atoms. The first-order valence-electron chi connectivity index (χ1n) is 5.23. The number of rotatable bonds is 4. The molecule has 0 aromatic carbocycles. The number of nitrogens with zero attached hydrogens (tertiary/aromatic N) is 3. The quantitative estimate of drug-likeness (QED) is 0.779. The number of ether oxygens (including phenoxy) is 1. The van der Waals surface area contributed by atoms with Gasteiger partial charge in [-0.2, -0.15) is 0 Å². The molecule has 1 aromatic heterocycles. The molecule has 0 fully saturated rings. The number of carbonyl (C=O) groups is 2. The summed E-state index contributed by atoms with van der Waals surface area (Å²) < 4.78 is 6.52. The summed E-state index contributed by atoms with van der Waals surface area (Å²) in [4.78, 5) is 21.6. The third-order valence-corrected chi connectivity index (χ3v) is 1.69. The van der Waals surface area contributed by atoms with Crippen molar-refractivity contribution < 1.29 is 14.3 Å². The molecule has 0 atom stereocenters. The summed E-state index contributed by atoms with van der Waals surface area (Å²) in [6.07, 6.45) is 1.64. The maximum Gasteiger partial charge on any atom is 0.407 e. The minimum absolute atomic E-state index is 0.266. The summed E-state index contributed by atoms with van der Waals surface area (Å²) in [7, 11) is 0. The van der Waals surface area contributed by atoms with E-state index in [-0.39, 0.29) is 5.69 Å². The lowest BCUT2D eigenvalue weighted by Crippen LogP contribution is -2.34. The molecule has 0 aliphatic carbocycles. The molecule has 1 rings (SSSR count). The molecule has 0 aliphatic rings. The predicted molar refractivity (Wildman–Crippen MR) is 59.6 cm³/mol. The molecule has 0 saturated carbocycles. The van der Waals surface area contributed by atoms with E-state index in [9.17, 15) is 9.59 Å². The van der Waals surface area contributed by atoms with Gasteiger partial charge in [-0.15, -0.1) is 5.10 Å². The number of hydrogen-bond acceptors (Lipinski definition) is 5. The second-order valence-corrected chi connectivity index (χ2v) is 4.45. The zero-order chi connectivity index (χ0) is 12.9. The van der Waals surface area contributed by atoms with Crippen molar-refractivity contribution in [1.82, 2.24) is 20.3 Å². The molecule has 94 valence electrons. The van der Waals surface area contributed by atoms with E-state index in [0.29, 0.717) is 19.4 Å². The van der Waals surface area contributed by atoms with Gasteiger partial charge in [-0.3, -0.25) is 9.48 Å². The number of alkyl carbamates (subject to hydrolysis) is 1. The van der Waals surface area contributed by atoms with Crippen LogP contribution in [0.5, 0.6) is 0 Å². The van der Waals surface area contributed by atoms with Crippen molar-refractivity contribution in [1.29, 1.82) is 0 Å². The second kappa shape index (κ2) is 5.42. The fraction of sp³-hybridized carbons (Fsp3) is 0.600. The van der Waals surface area contributed by atoms with Crippen LogP contribution in [0.2, 0.25) is 0 Å². The topological polar surface area (TPSA) is 86.1 Å². The average Bonchev–Trinajstić information content (AvgIpc) is 2.63. The highest BCUT2D eigenvalue weighted by Gasteiger charge is 2.15. The zero-order valence-electron chi connectivity index (χ0n) is 10.1. The fourth-order valence-corrected chi connectivity index (χ4v) is 1.06. The first kappa shape index (κ1) is 13.1. The lowest BCUT2D eigenvalue weighted by Gasteiger charge is -2.19. The van der Waals surface area contributed by atoms with Gasteiger partial charge in [0.2, 0.25) is 0 Å². The minimum atomic E-state index is -0.512. The number of aromatic nitrogens is 3. The number of hydrogen-bond donors (Lipinski definition) is 1. The Balaban J connectivity index is 2.28. The van der Waals surface area contributed by atoms with Gasteiger partial charge >= 0.3 is 6.09 Å². The first-order chi connectivity index (χ1) is 7.90. The Morgan fingerprint density at radius 1 is 1.59 bits per heavy atom. The summed E-state index contributed by atoms with van der Waals surface area (Å²) in [6.45, 7) is 6.16. The molecular formula is C10H16N4O3. The smallest absolute Gasteiger partial charge is 0.407 e. The zero-order valence-corrected chi connectivity index (χ0v) is 10.1. The minimum Gasteiger partial charge on any atom is -0.444 e. The molecule has 7 heteroatoms. The number of nitrogens with one attached hydrogen (secondary N) is 1. The molecule has 0 saturated heterocycles. The average molecular weight is 240 g/mol. The van der Waals surface area contributed by atoms with Crippen molar-refractivity contribution in [2.24, 2.45) is 0 Å². The van der Waals surface area contributed by atoms with Crippen LogP contribution in [-0.4, -0.2) is 39.5 Å². The van der Waals surface area contributed by atoms with Crippen LogP contribution in [0.3, 0.4) is 0 Å². The van der Waals surface area contributed by atoms with E-state index in [1.54, 1.807) is 20.8 Å². The third-order valence-electron chi connectivity index (χ3n) is 1.69. The van der Waals surface area contributed by atoms with Gasteiger partial charge < -0.3 is 10.1 Å². The fourth-order valence-electron chi connectivity index (χ4n) is 1.06. The standard InChI is InChI=1S/C10H16N4O3/c1-10(2,3)17-9(16)11-4-5-14-6-8(7-15)12-13-14/h6-7H,4-5H2,1-3H3,(H,11,16). The number of aldehydes is 1. The molecule has 0 radical (unpaired) electrons. The van der Waals surface area contributed by atoms with Crippen LogP contribution >= 0.6 is 0 Å². The van der Waals surface area contributed by atoms with E-state index in [0.717, 1.165) is 0 Å². The van der Waals surface area contributed by atoms with Gasteiger partial charge in [-0.05, 0) is 20.8 Å². The molecule has 1 N–H and O–H groups in total. The maximum absolute atomic E-state index is 11.3. The maximum atomic E-state index is 11.3. The van der Waals surface area contributed by atoms with Crippen LogP contribution in [0.25, 0.3) is 0 Å². The molecule has 0 spiro atoms. The van der Waals surface area contributed by atoms with Gasteiger partial charge in [0.15, 0.2) is 6.29 Å². The Hall–Kier alpha value is -1.92. The van der Waals surface area contributed by atoms with Crippen molar-refractivity contribution in [2.45, 2.75) is 32.9 Å². The van der Waals surface area contributed by atoms with Gasteiger partial charge in [0.25, 0.3) is 0 Å². The molecule has 1 amide bonds. The van der Waals surface area contributed by atoms with Gasteiger partial charge in [0.05, 0.1) is 12.7 Å². The molecule has 7 nitrogen and oxygen atoms in total. The molecule has 0 bridgehead atoms. The van der Waals surface area contributed by atoms with E-state index in [1.165, 1.54) is 10.9 Å². The van der Waals surface area contributed by atoms with Gasteiger partial charge in [-0.25, -0.2) is 4.79 Å². The molecule has 1 aromatic rings. The van der Waals surface area contributed by atoms with Gasteiger partial charge in [-0.1, -0.05) is 5.21 Å². The van der Waals surface area contributed by atoms with Crippen molar-refractivity contribution in [3.63, 3.8) is 0 Å². The van der Waals surface area contributed by atoms with Crippen LogP contribution in [-0.2, 0) is 11.3 Å². The van der Waals surface area contributed by atoms with Crippen molar-refractivity contribution in [3.05, 3.63) is 11.9 Å². The van der Waals surface area contributed by atoms with Crippen molar-refractivity contribution >= 4 is 12.4 Å². The summed E-state index contributed by atoms with van der Waals surface area (Å²) in [5.41, 5.74) is -0.246. The highest BCUT2D eigenvalue weighted by atomic mass is 16.6. The Kier molecular flexibility index (Phi) is 4.19. The molecule has 0 aliphatic heterocycles. The Bertz CT molecular complexity index is 395. The summed E-state index contributed by atoms with van der Waals surface area (Å²) in [6, 6.07) is 0. The van der Waals surface area contributed by atoms with Crippen LogP contribution < -0.4 is 5.32 Å². The van der Waals surface area contributed by atoms with E-state index < -0.39 is 11.7 Å². The largest absolute Gasteiger partial charge is 0.444 e. The summed E-state index contributed by atoms with van der Waals surface area (Å²) >= 11 is 0. The lowest BCUT2D eigenvalue weighted by atomic mass is 10.2. The molecular weight excluding hydrogens is 224 g/mol. The van der Waals surface area contributed by atoms with Crippen LogP contribution in [0.15, 0.2) is 6.20 Å². The normalized spacial score (nSPS) is 11.0. The van der Waals surface area contributed by atoms with E-state index in [4.69, 9.17) is 4.74 Å². The van der Waals surface area contributed by atoms with Crippen LogP contribution in [0, 0.1) is 0 Å². The monoisotopic (exact) mass is 240 g/mol. The molecule has 0 unspecified atom stereocenters. The highest BCUT2D eigenvalue weighted by Crippen LogP contribution is 2.06.